The highest BCUT2D eigenvalue weighted by molar-refractivity contribution is 8.26. The fourth-order valence-corrected chi connectivity index (χ4v) is 4.28. The fraction of sp³-hybridized carbons (Fsp3) is 0.167. The third kappa shape index (κ3) is 5.27. The fourth-order valence-electron chi connectivity index (χ4n) is 2.67. The van der Waals surface area contributed by atoms with E-state index < -0.39 is 34.3 Å². The molecule has 0 radical (unpaired) electrons. The Morgan fingerprint density at radius 3 is 2.60 bits per heavy atom. The van der Waals surface area contributed by atoms with Gasteiger partial charge in [0.1, 0.15) is 4.32 Å². The first-order chi connectivity index (χ1) is 14.2. The normalized spacial score (nSPS) is 19.2. The molecule has 9 nitrogen and oxygen atoms in total. The maximum absolute atomic E-state index is 12.2. The minimum absolute atomic E-state index is 0.0790. The first-order valence-corrected chi connectivity index (χ1v) is 11.3. The van der Waals surface area contributed by atoms with Crippen molar-refractivity contribution in [2.24, 2.45) is 0 Å². The van der Waals surface area contributed by atoms with Crippen LogP contribution in [0.3, 0.4) is 0 Å². The highest BCUT2D eigenvalue weighted by Crippen LogP contribution is 2.38. The van der Waals surface area contributed by atoms with E-state index in [2.05, 4.69) is 0 Å². The number of nitrogens with zero attached hydrogens (tertiary/aromatic N) is 2. The molecule has 1 aromatic carbocycles. The molecule has 1 amide bonds. The van der Waals surface area contributed by atoms with Gasteiger partial charge in [0, 0.05) is 6.54 Å². The molecule has 1 aromatic rings. The monoisotopic (exact) mass is 466 g/mol. The molecule has 1 fully saturated rings. The number of carboxylic acid groups (broad SMARTS) is 1. The number of carbonyl (C=O) groups is 2. The van der Waals surface area contributed by atoms with Crippen molar-refractivity contribution in [1.82, 2.24) is 4.90 Å². The van der Waals surface area contributed by atoms with Crippen molar-refractivity contribution in [3.63, 3.8) is 0 Å². The van der Waals surface area contributed by atoms with Gasteiger partial charge in [0.15, 0.2) is 5.75 Å². The summed E-state index contributed by atoms with van der Waals surface area (Å²) in [4.78, 5) is 25.6. The third-order valence-corrected chi connectivity index (χ3v) is 6.04. The zero-order chi connectivity index (χ0) is 21.9. The average Bonchev–Trinajstić information content (AvgIpc) is 3.14. The van der Waals surface area contributed by atoms with Crippen LogP contribution in [0.1, 0.15) is 0 Å². The lowest BCUT2D eigenvalue weighted by atomic mass is 10.3. The Balaban J connectivity index is 1.75. The molecule has 0 aromatic heterocycles. The Hall–Kier alpha value is -2.67. The molecule has 2 aliphatic heterocycles. The van der Waals surface area contributed by atoms with Crippen LogP contribution >= 0.6 is 24.0 Å². The molecule has 2 aliphatic rings. The minimum Gasteiger partial charge on any atom is -0.748 e. The summed E-state index contributed by atoms with van der Waals surface area (Å²) in [5, 5.41) is 10.7. The zero-order valence-electron chi connectivity index (χ0n) is 15.2. The van der Waals surface area contributed by atoms with E-state index in [1.165, 1.54) is 12.2 Å². The van der Waals surface area contributed by atoms with Crippen molar-refractivity contribution >= 4 is 56.0 Å². The highest BCUT2D eigenvalue weighted by Gasteiger charge is 2.31. The molecule has 0 N–H and O–H groups in total. The molecule has 12 heteroatoms. The molecule has 0 atom stereocenters. The summed E-state index contributed by atoms with van der Waals surface area (Å²) in [6.07, 6.45) is 6.12. The number of thiocarbonyl (C=S) groups is 1. The van der Waals surface area contributed by atoms with Crippen LogP contribution in [0.4, 0.5) is 5.69 Å². The lowest BCUT2D eigenvalue weighted by Crippen LogP contribution is -2.40. The number of carboxylic acids is 1. The second kappa shape index (κ2) is 9.00. The van der Waals surface area contributed by atoms with Crippen LogP contribution < -0.4 is 14.7 Å². The Morgan fingerprint density at radius 1 is 1.20 bits per heavy atom. The van der Waals surface area contributed by atoms with Crippen LogP contribution in [0.2, 0.25) is 0 Å². The first-order valence-electron chi connectivity index (χ1n) is 8.46. The lowest BCUT2D eigenvalue weighted by molar-refractivity contribution is -0.305. The summed E-state index contributed by atoms with van der Waals surface area (Å²) in [5.74, 6) is -1.70. The zero-order valence-corrected chi connectivity index (χ0v) is 17.7. The van der Waals surface area contributed by atoms with E-state index in [0.717, 1.165) is 16.7 Å². The Bertz CT molecular complexity index is 1090. The lowest BCUT2D eigenvalue weighted by Gasteiger charge is -2.19. The minimum atomic E-state index is -4.40. The van der Waals surface area contributed by atoms with E-state index >= 15 is 0 Å². The number of rotatable bonds is 7. The van der Waals surface area contributed by atoms with Crippen molar-refractivity contribution in [3.8, 4) is 5.75 Å². The van der Waals surface area contributed by atoms with E-state index in [1.54, 1.807) is 41.3 Å². The maximum Gasteiger partial charge on any atom is 0.266 e. The van der Waals surface area contributed by atoms with Gasteiger partial charge < -0.3 is 24.1 Å². The topological polar surface area (TPSA) is 130 Å². The number of hydrogen-bond acceptors (Lipinski definition) is 10. The molecule has 1 saturated heterocycles. The number of fused-ring (bicyclic) bond motifs is 1. The number of para-hydroxylation sites is 2. The molecule has 3 rings (SSSR count). The number of aliphatic carboxylic acids is 1. The van der Waals surface area contributed by atoms with Crippen LogP contribution in [0.25, 0.3) is 0 Å². The van der Waals surface area contributed by atoms with Gasteiger partial charge in [0.25, 0.3) is 5.91 Å². The van der Waals surface area contributed by atoms with E-state index in [0.29, 0.717) is 17.3 Å². The van der Waals surface area contributed by atoms with Crippen LogP contribution in [0.15, 0.2) is 59.4 Å². The van der Waals surface area contributed by atoms with Crippen LogP contribution in [-0.2, 0) is 19.7 Å². The van der Waals surface area contributed by atoms with E-state index in [4.69, 9.17) is 17.0 Å². The average molecular weight is 467 g/mol. The van der Waals surface area contributed by atoms with Gasteiger partial charge in [-0.15, -0.1) is 0 Å². The van der Waals surface area contributed by atoms with E-state index in [1.807, 2.05) is 0 Å². The molecular formula is C18H14N2O7S3-2. The van der Waals surface area contributed by atoms with Crippen molar-refractivity contribution in [2.45, 2.75) is 0 Å². The van der Waals surface area contributed by atoms with Gasteiger partial charge in [-0.05, 0) is 24.3 Å². The Labute approximate surface area is 182 Å². The highest BCUT2D eigenvalue weighted by atomic mass is 32.2. The smallest absolute Gasteiger partial charge is 0.266 e. The third-order valence-electron chi connectivity index (χ3n) is 3.96. The number of amides is 1. The maximum atomic E-state index is 12.2. The predicted octanol–water partition coefficient (Wildman–Crippen LogP) is 0.322. The van der Waals surface area contributed by atoms with Gasteiger partial charge in [0.05, 0.1) is 39.0 Å². The number of ether oxygens (including phenoxy) is 1. The standard InChI is InChI=1S/C18H16N2O7S3/c21-16(22)11-20-17(23)14(29-18(20)28)7-3-4-8-15-19(9-10-30(24,25)26)12-5-1-2-6-13(12)27-15/h1-8H,9-11H2,(H,21,22)(H,24,25,26)/p-2. The SMILES string of the molecule is O=C([O-])CN1C(=O)C(=CC=CC=C2Oc3ccccc3N2CCS(=O)(=O)[O-])SC1=S. The number of thioether (sulfide) groups is 1. The molecule has 30 heavy (non-hydrogen) atoms. The largest absolute Gasteiger partial charge is 0.748 e. The number of benzene rings is 1. The van der Waals surface area contributed by atoms with Gasteiger partial charge in [-0.25, -0.2) is 8.42 Å². The Kier molecular flexibility index (Phi) is 6.61. The summed E-state index contributed by atoms with van der Waals surface area (Å²) in [6, 6.07) is 6.96. The first kappa shape index (κ1) is 22.0. The van der Waals surface area contributed by atoms with Gasteiger partial charge in [0.2, 0.25) is 5.88 Å². The van der Waals surface area contributed by atoms with Crippen molar-refractivity contribution in [3.05, 3.63) is 59.4 Å². The summed E-state index contributed by atoms with van der Waals surface area (Å²) in [5.41, 5.74) is 0.629. The Morgan fingerprint density at radius 2 is 1.90 bits per heavy atom. The number of allylic oxidation sites excluding steroid dienone is 4. The summed E-state index contributed by atoms with van der Waals surface area (Å²) >= 11 is 5.96. The van der Waals surface area contributed by atoms with Gasteiger partial charge in [-0.2, -0.15) is 0 Å². The second-order valence-electron chi connectivity index (χ2n) is 6.04. The predicted molar refractivity (Wildman–Crippen MR) is 111 cm³/mol. The van der Waals surface area contributed by atoms with Crippen molar-refractivity contribution < 1.29 is 32.4 Å². The molecular weight excluding hydrogens is 452 g/mol. The van der Waals surface area contributed by atoms with Gasteiger partial charge in [-0.1, -0.05) is 48.3 Å². The molecule has 0 aliphatic carbocycles. The summed E-state index contributed by atoms with van der Waals surface area (Å²) in [7, 11) is -4.40. The number of anilines is 1. The molecule has 0 saturated carbocycles. The quantitative estimate of drug-likeness (QED) is 0.315. The van der Waals surface area contributed by atoms with E-state index in [9.17, 15) is 27.7 Å². The molecule has 0 spiro atoms. The molecule has 2 heterocycles. The summed E-state index contributed by atoms with van der Waals surface area (Å²) in [6.45, 7) is -0.691. The molecule has 158 valence electrons. The van der Waals surface area contributed by atoms with Gasteiger partial charge >= 0.3 is 0 Å². The van der Waals surface area contributed by atoms with Crippen LogP contribution in [0.5, 0.6) is 5.75 Å². The van der Waals surface area contributed by atoms with Crippen LogP contribution in [-0.4, -0.2) is 52.9 Å². The van der Waals surface area contributed by atoms with Gasteiger partial charge in [-0.3, -0.25) is 9.69 Å². The second-order valence-corrected chi connectivity index (χ2v) is 9.23. The summed E-state index contributed by atoms with van der Waals surface area (Å²) < 4.78 is 38.9. The number of hydrogen-bond donors (Lipinski definition) is 0. The molecule has 0 bridgehead atoms. The van der Waals surface area contributed by atoms with Crippen LogP contribution in [0, 0.1) is 0 Å². The van der Waals surface area contributed by atoms with Crippen molar-refractivity contribution in [1.29, 1.82) is 0 Å². The number of carbonyl (C=O) groups excluding carboxylic acids is 2. The molecule has 0 unspecified atom stereocenters. The van der Waals surface area contributed by atoms with Crippen molar-refractivity contribution in [2.75, 3.05) is 23.7 Å². The van der Waals surface area contributed by atoms with E-state index in [-0.39, 0.29) is 15.8 Å².